The molecule has 0 bridgehead atoms. The van der Waals surface area contributed by atoms with Crippen molar-refractivity contribution in [2.24, 2.45) is 0 Å². The Labute approximate surface area is 97.9 Å². The average molecular weight is 222 g/mol. The molecule has 2 nitrogen and oxygen atoms in total. The van der Waals surface area contributed by atoms with E-state index in [1.165, 1.54) is 5.56 Å². The topological polar surface area (TPSA) is 40.5 Å². The summed E-state index contributed by atoms with van der Waals surface area (Å²) in [7, 11) is 0. The number of aliphatic hydroxyl groups excluding tert-OH is 2. The Kier molecular flexibility index (Phi) is 5.50. The van der Waals surface area contributed by atoms with Gasteiger partial charge in [0.25, 0.3) is 0 Å². The molecule has 0 aliphatic heterocycles. The van der Waals surface area contributed by atoms with Crippen molar-refractivity contribution in [3.63, 3.8) is 0 Å². The molecular formula is C14H22O2. The first-order valence-corrected chi connectivity index (χ1v) is 6.04. The largest absolute Gasteiger partial charge is 0.396 e. The molecule has 0 saturated carbocycles. The van der Waals surface area contributed by atoms with Gasteiger partial charge in [0.15, 0.2) is 0 Å². The summed E-state index contributed by atoms with van der Waals surface area (Å²) in [5, 5.41) is 18.6. The second-order valence-electron chi connectivity index (χ2n) is 4.56. The highest BCUT2D eigenvalue weighted by Gasteiger charge is 2.07. The standard InChI is InChI=1S/C14H22O2/c1-11(2)12-6-8-13(9-7-12)14(16)5-3-4-10-15/h6-9,11,14-16H,3-5,10H2,1-2H3. The second-order valence-corrected chi connectivity index (χ2v) is 4.56. The normalized spacial score (nSPS) is 13.1. The molecule has 2 heteroatoms. The van der Waals surface area contributed by atoms with Crippen LogP contribution in [0.3, 0.4) is 0 Å². The van der Waals surface area contributed by atoms with Crippen molar-refractivity contribution in [1.82, 2.24) is 0 Å². The van der Waals surface area contributed by atoms with E-state index in [1.807, 2.05) is 12.1 Å². The molecule has 90 valence electrons. The molecule has 0 spiro atoms. The zero-order valence-electron chi connectivity index (χ0n) is 10.2. The van der Waals surface area contributed by atoms with E-state index in [0.29, 0.717) is 5.92 Å². The lowest BCUT2D eigenvalue weighted by molar-refractivity contribution is 0.159. The van der Waals surface area contributed by atoms with E-state index in [0.717, 1.165) is 24.8 Å². The van der Waals surface area contributed by atoms with Gasteiger partial charge < -0.3 is 10.2 Å². The van der Waals surface area contributed by atoms with Crippen LogP contribution in [0.1, 0.15) is 56.3 Å². The van der Waals surface area contributed by atoms with E-state index in [-0.39, 0.29) is 6.61 Å². The average Bonchev–Trinajstić information content (AvgIpc) is 2.29. The van der Waals surface area contributed by atoms with E-state index in [9.17, 15) is 5.11 Å². The van der Waals surface area contributed by atoms with Gasteiger partial charge in [-0.05, 0) is 36.3 Å². The fourth-order valence-electron chi connectivity index (χ4n) is 1.72. The van der Waals surface area contributed by atoms with Crippen molar-refractivity contribution in [2.45, 2.75) is 45.1 Å². The van der Waals surface area contributed by atoms with Crippen LogP contribution in [0.5, 0.6) is 0 Å². The van der Waals surface area contributed by atoms with Crippen LogP contribution in [0.15, 0.2) is 24.3 Å². The summed E-state index contributed by atoms with van der Waals surface area (Å²) in [6.45, 7) is 4.53. The van der Waals surface area contributed by atoms with Crippen LogP contribution in [0.4, 0.5) is 0 Å². The molecule has 0 amide bonds. The molecule has 1 atom stereocenters. The minimum Gasteiger partial charge on any atom is -0.396 e. The van der Waals surface area contributed by atoms with Gasteiger partial charge in [0, 0.05) is 6.61 Å². The summed E-state index contributed by atoms with van der Waals surface area (Å²) in [6, 6.07) is 8.16. The summed E-state index contributed by atoms with van der Waals surface area (Å²) >= 11 is 0. The lowest BCUT2D eigenvalue weighted by atomic mass is 9.98. The van der Waals surface area contributed by atoms with Crippen LogP contribution in [0.2, 0.25) is 0 Å². The highest BCUT2D eigenvalue weighted by Crippen LogP contribution is 2.21. The van der Waals surface area contributed by atoms with Crippen molar-refractivity contribution < 1.29 is 10.2 Å². The van der Waals surface area contributed by atoms with Crippen LogP contribution in [0.25, 0.3) is 0 Å². The molecule has 1 aromatic rings. The molecule has 0 aromatic heterocycles. The Morgan fingerprint density at radius 2 is 1.56 bits per heavy atom. The Morgan fingerprint density at radius 3 is 2.06 bits per heavy atom. The lowest BCUT2D eigenvalue weighted by Gasteiger charge is -2.12. The number of hydrogen-bond acceptors (Lipinski definition) is 2. The summed E-state index contributed by atoms with van der Waals surface area (Å²) in [5.74, 6) is 0.528. The smallest absolute Gasteiger partial charge is 0.0790 e. The van der Waals surface area contributed by atoms with Gasteiger partial charge in [-0.1, -0.05) is 38.1 Å². The molecule has 1 unspecified atom stereocenters. The monoisotopic (exact) mass is 222 g/mol. The van der Waals surface area contributed by atoms with Gasteiger partial charge >= 0.3 is 0 Å². The van der Waals surface area contributed by atoms with Gasteiger partial charge in [0.2, 0.25) is 0 Å². The zero-order valence-corrected chi connectivity index (χ0v) is 10.2. The maximum absolute atomic E-state index is 9.90. The summed E-state index contributed by atoms with van der Waals surface area (Å²) in [4.78, 5) is 0. The predicted molar refractivity (Wildman–Crippen MR) is 66.4 cm³/mol. The molecule has 0 heterocycles. The molecule has 0 saturated heterocycles. The van der Waals surface area contributed by atoms with Gasteiger partial charge in [0.1, 0.15) is 0 Å². The molecular weight excluding hydrogens is 200 g/mol. The Morgan fingerprint density at radius 1 is 1.00 bits per heavy atom. The molecule has 1 rings (SSSR count). The van der Waals surface area contributed by atoms with Gasteiger partial charge in [-0.15, -0.1) is 0 Å². The van der Waals surface area contributed by atoms with Gasteiger partial charge in [-0.3, -0.25) is 0 Å². The highest BCUT2D eigenvalue weighted by molar-refractivity contribution is 5.25. The first-order chi connectivity index (χ1) is 7.65. The molecule has 0 radical (unpaired) electrons. The fraction of sp³-hybridized carbons (Fsp3) is 0.571. The molecule has 0 fully saturated rings. The highest BCUT2D eigenvalue weighted by atomic mass is 16.3. The van der Waals surface area contributed by atoms with Gasteiger partial charge in [-0.25, -0.2) is 0 Å². The maximum atomic E-state index is 9.90. The van der Waals surface area contributed by atoms with E-state index >= 15 is 0 Å². The number of rotatable bonds is 6. The van der Waals surface area contributed by atoms with Crippen LogP contribution in [0, 0.1) is 0 Å². The predicted octanol–water partition coefficient (Wildman–Crippen LogP) is 3.01. The Bertz CT molecular complexity index is 290. The van der Waals surface area contributed by atoms with Crippen molar-refractivity contribution >= 4 is 0 Å². The minimum atomic E-state index is -0.396. The van der Waals surface area contributed by atoms with Crippen LogP contribution >= 0.6 is 0 Å². The van der Waals surface area contributed by atoms with Crippen molar-refractivity contribution in [1.29, 1.82) is 0 Å². The summed E-state index contributed by atoms with van der Waals surface area (Å²) in [5.41, 5.74) is 2.27. The van der Waals surface area contributed by atoms with E-state index in [2.05, 4.69) is 26.0 Å². The van der Waals surface area contributed by atoms with E-state index < -0.39 is 6.10 Å². The third-order valence-corrected chi connectivity index (χ3v) is 2.87. The fourth-order valence-corrected chi connectivity index (χ4v) is 1.72. The first kappa shape index (κ1) is 13.2. The number of benzene rings is 1. The van der Waals surface area contributed by atoms with Crippen molar-refractivity contribution in [2.75, 3.05) is 6.61 Å². The quantitative estimate of drug-likeness (QED) is 0.726. The van der Waals surface area contributed by atoms with Crippen LogP contribution in [-0.2, 0) is 0 Å². The third-order valence-electron chi connectivity index (χ3n) is 2.87. The zero-order chi connectivity index (χ0) is 12.0. The number of unbranched alkanes of at least 4 members (excludes halogenated alkanes) is 1. The molecule has 0 aliphatic rings. The molecule has 0 aliphatic carbocycles. The molecule has 1 aromatic carbocycles. The number of aliphatic hydroxyl groups is 2. The van der Waals surface area contributed by atoms with Crippen LogP contribution < -0.4 is 0 Å². The molecule has 2 N–H and O–H groups in total. The van der Waals surface area contributed by atoms with Crippen molar-refractivity contribution in [3.05, 3.63) is 35.4 Å². The minimum absolute atomic E-state index is 0.207. The Balaban J connectivity index is 2.52. The third kappa shape index (κ3) is 3.95. The summed E-state index contributed by atoms with van der Waals surface area (Å²) in [6.07, 6.45) is 1.96. The molecule has 16 heavy (non-hydrogen) atoms. The van der Waals surface area contributed by atoms with Crippen LogP contribution in [-0.4, -0.2) is 16.8 Å². The SMILES string of the molecule is CC(C)c1ccc(C(O)CCCCO)cc1. The maximum Gasteiger partial charge on any atom is 0.0790 e. The second kappa shape index (κ2) is 6.66. The van der Waals surface area contributed by atoms with Gasteiger partial charge in [0.05, 0.1) is 6.10 Å². The van der Waals surface area contributed by atoms with E-state index in [1.54, 1.807) is 0 Å². The lowest BCUT2D eigenvalue weighted by Crippen LogP contribution is -1.99. The summed E-state index contributed by atoms with van der Waals surface area (Å²) < 4.78 is 0. The Hall–Kier alpha value is -0.860. The van der Waals surface area contributed by atoms with Gasteiger partial charge in [-0.2, -0.15) is 0 Å². The van der Waals surface area contributed by atoms with E-state index in [4.69, 9.17) is 5.11 Å². The number of hydrogen-bond donors (Lipinski definition) is 2. The first-order valence-electron chi connectivity index (χ1n) is 6.04. The van der Waals surface area contributed by atoms with Crippen molar-refractivity contribution in [3.8, 4) is 0 Å².